The first-order valence-corrected chi connectivity index (χ1v) is 8.37. The molecule has 0 aliphatic carbocycles. The summed E-state index contributed by atoms with van der Waals surface area (Å²) in [5, 5.41) is 11.0. The summed E-state index contributed by atoms with van der Waals surface area (Å²) in [6.07, 6.45) is 0.763. The van der Waals surface area contributed by atoms with Gasteiger partial charge in [0.25, 0.3) is 11.7 Å². The van der Waals surface area contributed by atoms with E-state index in [1.165, 1.54) is 17.0 Å². The summed E-state index contributed by atoms with van der Waals surface area (Å²) in [4.78, 5) is 28.2. The van der Waals surface area contributed by atoms with Gasteiger partial charge in [-0.25, -0.2) is 0 Å². The Morgan fingerprint density at radius 3 is 2.73 bits per heavy atom. The molecule has 8 heteroatoms. The summed E-state index contributed by atoms with van der Waals surface area (Å²) in [7, 11) is 0. The third-order valence-corrected chi connectivity index (χ3v) is 3.97. The van der Waals surface area contributed by atoms with Gasteiger partial charge < -0.3 is 19.6 Å². The largest absolute Gasteiger partial charge is 0.494 e. The van der Waals surface area contributed by atoms with E-state index in [4.69, 9.17) is 9.47 Å². The lowest BCUT2D eigenvalue weighted by Gasteiger charge is -2.29. The van der Waals surface area contributed by atoms with E-state index in [0.29, 0.717) is 25.3 Å². The summed E-state index contributed by atoms with van der Waals surface area (Å²) in [5.74, 6) is 0.808. The lowest BCUT2D eigenvalue weighted by molar-refractivity contribution is -0.389. The summed E-state index contributed by atoms with van der Waals surface area (Å²) < 4.78 is 11.1. The van der Waals surface area contributed by atoms with Crippen molar-refractivity contribution < 1.29 is 19.2 Å². The highest BCUT2D eigenvalue weighted by atomic mass is 16.6. The number of para-hydroxylation sites is 1. The summed E-state index contributed by atoms with van der Waals surface area (Å²) >= 11 is 0. The molecule has 0 saturated carbocycles. The monoisotopic (exact) mass is 357 g/mol. The third kappa shape index (κ3) is 3.90. The van der Waals surface area contributed by atoms with E-state index < -0.39 is 11.0 Å². The van der Waals surface area contributed by atoms with Crippen molar-refractivity contribution >= 4 is 17.5 Å². The molecule has 0 fully saturated rings. The Balaban J connectivity index is 1.62. The first-order valence-electron chi connectivity index (χ1n) is 8.37. The second-order valence-corrected chi connectivity index (χ2v) is 5.87. The lowest BCUT2D eigenvalue weighted by Crippen LogP contribution is -2.45. The molecule has 1 unspecified atom stereocenters. The number of hydrogen-bond donors (Lipinski definition) is 0. The number of amides is 1. The number of nitro groups is 1. The second kappa shape index (κ2) is 7.81. The number of rotatable bonds is 7. The van der Waals surface area contributed by atoms with Crippen molar-refractivity contribution in [2.45, 2.75) is 25.9 Å². The number of unbranched alkanes of at least 4 members (excludes halogenated alkanes) is 1. The Kier molecular flexibility index (Phi) is 5.31. The molecule has 0 bridgehead atoms. The smallest absolute Gasteiger partial charge is 0.366 e. The Morgan fingerprint density at radius 2 is 2.00 bits per heavy atom. The van der Waals surface area contributed by atoms with E-state index in [1.54, 1.807) is 6.92 Å². The SMILES string of the molecule is CC1Oc2ccc([N+](=O)[O-])nc2N(CCCCOc2ccccc2)C1=O. The molecular weight excluding hydrogens is 338 g/mol. The van der Waals surface area contributed by atoms with Crippen LogP contribution in [0.3, 0.4) is 0 Å². The van der Waals surface area contributed by atoms with Gasteiger partial charge in [0.05, 0.1) is 6.61 Å². The number of nitrogens with zero attached hydrogens (tertiary/aromatic N) is 3. The number of pyridine rings is 1. The average molecular weight is 357 g/mol. The molecule has 0 saturated heterocycles. The third-order valence-electron chi connectivity index (χ3n) is 3.97. The average Bonchev–Trinajstić information content (AvgIpc) is 2.64. The van der Waals surface area contributed by atoms with Crippen LogP contribution >= 0.6 is 0 Å². The van der Waals surface area contributed by atoms with Crippen LogP contribution in [0.15, 0.2) is 42.5 Å². The van der Waals surface area contributed by atoms with Crippen molar-refractivity contribution in [3.05, 3.63) is 52.6 Å². The van der Waals surface area contributed by atoms with Crippen molar-refractivity contribution in [1.29, 1.82) is 0 Å². The van der Waals surface area contributed by atoms with Crippen LogP contribution in [0.4, 0.5) is 11.6 Å². The van der Waals surface area contributed by atoms with Crippen LogP contribution in [0.2, 0.25) is 0 Å². The first-order chi connectivity index (χ1) is 12.6. The molecule has 0 N–H and O–H groups in total. The molecule has 0 spiro atoms. The molecule has 3 rings (SSSR count). The first kappa shape index (κ1) is 17.7. The normalized spacial score (nSPS) is 16.0. The molecule has 26 heavy (non-hydrogen) atoms. The molecule has 1 atom stereocenters. The van der Waals surface area contributed by atoms with Crippen molar-refractivity contribution in [2.24, 2.45) is 0 Å². The van der Waals surface area contributed by atoms with E-state index in [1.807, 2.05) is 30.3 Å². The highest BCUT2D eigenvalue weighted by Gasteiger charge is 2.36. The summed E-state index contributed by atoms with van der Waals surface area (Å²) in [5.41, 5.74) is 0. The zero-order valence-corrected chi connectivity index (χ0v) is 14.3. The maximum atomic E-state index is 12.4. The van der Waals surface area contributed by atoms with Crippen LogP contribution in [-0.2, 0) is 4.79 Å². The lowest BCUT2D eigenvalue weighted by atomic mass is 10.2. The Bertz CT molecular complexity index is 797. The molecule has 1 amide bonds. The number of fused-ring (bicyclic) bond motifs is 1. The molecule has 2 aromatic rings. The van der Waals surface area contributed by atoms with E-state index in [0.717, 1.165) is 12.2 Å². The fourth-order valence-corrected chi connectivity index (χ4v) is 2.67. The number of hydrogen-bond acceptors (Lipinski definition) is 6. The molecule has 2 heterocycles. The number of ether oxygens (including phenoxy) is 2. The number of aromatic nitrogens is 1. The molecule has 8 nitrogen and oxygen atoms in total. The Hall–Kier alpha value is -3.16. The minimum absolute atomic E-state index is 0.200. The van der Waals surface area contributed by atoms with Crippen molar-refractivity contribution in [1.82, 2.24) is 4.98 Å². The van der Waals surface area contributed by atoms with Crippen LogP contribution in [-0.4, -0.2) is 35.1 Å². The molecule has 1 aliphatic rings. The fourth-order valence-electron chi connectivity index (χ4n) is 2.67. The predicted molar refractivity (Wildman–Crippen MR) is 94.5 cm³/mol. The molecule has 136 valence electrons. The van der Waals surface area contributed by atoms with Crippen LogP contribution in [0, 0.1) is 10.1 Å². The quantitative estimate of drug-likeness (QED) is 0.429. The van der Waals surface area contributed by atoms with Crippen LogP contribution in [0.5, 0.6) is 11.5 Å². The fraction of sp³-hybridized carbons (Fsp3) is 0.333. The number of benzene rings is 1. The van der Waals surface area contributed by atoms with Gasteiger partial charge in [0, 0.05) is 12.6 Å². The molecule has 1 aromatic heterocycles. The number of carbonyl (C=O) groups is 1. The predicted octanol–water partition coefficient (Wildman–Crippen LogP) is 2.96. The molecule has 1 aromatic carbocycles. The summed E-state index contributed by atoms with van der Waals surface area (Å²) in [6, 6.07) is 12.2. The van der Waals surface area contributed by atoms with E-state index in [9.17, 15) is 14.9 Å². The van der Waals surface area contributed by atoms with Crippen molar-refractivity contribution in [2.75, 3.05) is 18.1 Å². The van der Waals surface area contributed by atoms with Crippen LogP contribution in [0.25, 0.3) is 0 Å². The maximum absolute atomic E-state index is 12.4. The zero-order chi connectivity index (χ0) is 18.5. The van der Waals surface area contributed by atoms with Gasteiger partial charge in [-0.1, -0.05) is 18.2 Å². The molecule has 0 radical (unpaired) electrons. The van der Waals surface area contributed by atoms with Crippen LogP contribution in [0.1, 0.15) is 19.8 Å². The highest BCUT2D eigenvalue weighted by Crippen LogP contribution is 2.34. The van der Waals surface area contributed by atoms with Gasteiger partial charge in [0.1, 0.15) is 5.75 Å². The van der Waals surface area contributed by atoms with Gasteiger partial charge in [0.2, 0.25) is 0 Å². The Morgan fingerprint density at radius 1 is 1.23 bits per heavy atom. The molecule has 1 aliphatic heterocycles. The number of anilines is 1. The zero-order valence-electron chi connectivity index (χ0n) is 14.3. The van der Waals surface area contributed by atoms with Gasteiger partial charge in [0.15, 0.2) is 11.9 Å². The second-order valence-electron chi connectivity index (χ2n) is 5.87. The van der Waals surface area contributed by atoms with E-state index in [2.05, 4.69) is 4.98 Å². The minimum Gasteiger partial charge on any atom is -0.494 e. The van der Waals surface area contributed by atoms with Gasteiger partial charge >= 0.3 is 5.82 Å². The maximum Gasteiger partial charge on any atom is 0.366 e. The number of carbonyl (C=O) groups excluding carboxylic acids is 1. The van der Waals surface area contributed by atoms with Gasteiger partial charge in [-0.05, 0) is 47.9 Å². The summed E-state index contributed by atoms with van der Waals surface area (Å²) in [6.45, 7) is 2.57. The van der Waals surface area contributed by atoms with Crippen LogP contribution < -0.4 is 14.4 Å². The minimum atomic E-state index is -0.647. The van der Waals surface area contributed by atoms with Crippen molar-refractivity contribution in [3.63, 3.8) is 0 Å². The van der Waals surface area contributed by atoms with Crippen molar-refractivity contribution in [3.8, 4) is 11.5 Å². The van der Waals surface area contributed by atoms with E-state index in [-0.39, 0.29) is 17.5 Å². The Labute approximate surface area is 150 Å². The standard InChI is InChI=1S/C18H19N3O5/c1-13-18(22)20(11-5-6-12-25-14-7-3-2-4-8-14)17-15(26-13)9-10-16(19-17)21(23)24/h2-4,7-10,13H,5-6,11-12H2,1H3. The van der Waals surface area contributed by atoms with E-state index >= 15 is 0 Å². The van der Waals surface area contributed by atoms with Gasteiger partial charge in [-0.2, -0.15) is 0 Å². The topological polar surface area (TPSA) is 94.8 Å². The highest BCUT2D eigenvalue weighted by molar-refractivity contribution is 5.98. The van der Waals surface area contributed by atoms with Gasteiger partial charge in [-0.3, -0.25) is 9.69 Å². The molecular formula is C18H19N3O5. The van der Waals surface area contributed by atoms with Gasteiger partial charge in [-0.15, -0.1) is 0 Å².